The molecule has 0 bridgehead atoms. The van der Waals surface area contributed by atoms with Gasteiger partial charge in [-0.3, -0.25) is 14.6 Å². The highest BCUT2D eigenvalue weighted by atomic mass is 16.5. The number of benzene rings is 1. The third-order valence-corrected chi connectivity index (χ3v) is 4.90. The van der Waals surface area contributed by atoms with Gasteiger partial charge in [0.2, 0.25) is 17.7 Å². The zero-order valence-corrected chi connectivity index (χ0v) is 18.2. The number of ether oxygens (including phenoxy) is 1. The standard InChI is InChI=1S/C24H29N5O3/c1-2-13-29-23(16-20(28-29)19-10-6-12-26-17-19)32-14-7-11-22(30)27-21(24(25)31)15-18-8-4-3-5-9-18/h3-6,8-10,12,16-17,21H,2,7,11,13-15H2,1H3,(H2,25,31)(H,27,30)/t21-/m0/s1. The van der Waals surface area contributed by atoms with Gasteiger partial charge in [-0.05, 0) is 30.5 Å². The highest BCUT2D eigenvalue weighted by Crippen LogP contribution is 2.23. The number of pyridine rings is 1. The minimum absolute atomic E-state index is 0.230. The Kier molecular flexibility index (Phi) is 8.36. The lowest BCUT2D eigenvalue weighted by Gasteiger charge is -2.15. The van der Waals surface area contributed by atoms with E-state index in [0.29, 0.717) is 25.3 Å². The molecule has 3 aromatic rings. The first kappa shape index (κ1) is 23.0. The van der Waals surface area contributed by atoms with Crippen molar-refractivity contribution in [1.82, 2.24) is 20.1 Å². The molecule has 0 radical (unpaired) electrons. The van der Waals surface area contributed by atoms with Crippen LogP contribution in [0.4, 0.5) is 0 Å². The molecule has 3 rings (SSSR count). The topological polar surface area (TPSA) is 112 Å². The minimum Gasteiger partial charge on any atom is -0.478 e. The van der Waals surface area contributed by atoms with E-state index in [2.05, 4.69) is 22.3 Å². The molecule has 8 nitrogen and oxygen atoms in total. The van der Waals surface area contributed by atoms with Crippen molar-refractivity contribution in [2.24, 2.45) is 5.73 Å². The van der Waals surface area contributed by atoms with Gasteiger partial charge in [-0.25, -0.2) is 4.68 Å². The summed E-state index contributed by atoms with van der Waals surface area (Å²) in [5.74, 6) is -0.124. The first-order chi connectivity index (χ1) is 15.6. The van der Waals surface area contributed by atoms with Crippen LogP contribution in [-0.4, -0.2) is 39.2 Å². The first-order valence-electron chi connectivity index (χ1n) is 10.8. The van der Waals surface area contributed by atoms with Crippen LogP contribution in [0.1, 0.15) is 31.7 Å². The van der Waals surface area contributed by atoms with Crippen LogP contribution in [0.2, 0.25) is 0 Å². The second-order valence-electron chi connectivity index (χ2n) is 7.50. The Bertz CT molecular complexity index is 1000. The smallest absolute Gasteiger partial charge is 0.240 e. The van der Waals surface area contributed by atoms with Crippen LogP contribution in [0.3, 0.4) is 0 Å². The second kappa shape index (κ2) is 11.6. The maximum absolute atomic E-state index is 12.3. The van der Waals surface area contributed by atoms with Crippen molar-refractivity contribution in [3.05, 3.63) is 66.5 Å². The van der Waals surface area contributed by atoms with Crippen LogP contribution in [-0.2, 0) is 22.6 Å². The molecule has 2 aromatic heterocycles. The van der Waals surface area contributed by atoms with Crippen LogP contribution in [0.15, 0.2) is 60.9 Å². The third kappa shape index (κ3) is 6.66. The summed E-state index contributed by atoms with van der Waals surface area (Å²) in [6.45, 7) is 3.16. The van der Waals surface area contributed by atoms with E-state index in [1.54, 1.807) is 12.4 Å². The van der Waals surface area contributed by atoms with Crippen molar-refractivity contribution in [2.45, 2.75) is 45.2 Å². The number of carbonyl (C=O) groups is 2. The largest absolute Gasteiger partial charge is 0.478 e. The van der Waals surface area contributed by atoms with Gasteiger partial charge in [0, 0.05) is 43.4 Å². The van der Waals surface area contributed by atoms with Gasteiger partial charge in [-0.1, -0.05) is 37.3 Å². The van der Waals surface area contributed by atoms with Crippen molar-refractivity contribution in [3.8, 4) is 17.1 Å². The monoisotopic (exact) mass is 435 g/mol. The summed E-state index contributed by atoms with van der Waals surface area (Å²) < 4.78 is 7.72. The summed E-state index contributed by atoms with van der Waals surface area (Å²) in [4.78, 5) is 28.2. The molecule has 32 heavy (non-hydrogen) atoms. The Labute approximate surface area is 187 Å². The number of amides is 2. The van der Waals surface area contributed by atoms with E-state index in [-0.39, 0.29) is 12.3 Å². The molecular formula is C24H29N5O3. The van der Waals surface area contributed by atoms with Crippen molar-refractivity contribution in [3.63, 3.8) is 0 Å². The first-order valence-corrected chi connectivity index (χ1v) is 10.8. The number of nitrogens with one attached hydrogen (secondary N) is 1. The quantitative estimate of drug-likeness (QED) is 0.425. The van der Waals surface area contributed by atoms with Gasteiger partial charge in [0.15, 0.2) is 0 Å². The summed E-state index contributed by atoms with van der Waals surface area (Å²) in [5.41, 5.74) is 8.12. The highest BCUT2D eigenvalue weighted by molar-refractivity contribution is 5.86. The summed E-state index contributed by atoms with van der Waals surface area (Å²) in [7, 11) is 0. The number of nitrogens with two attached hydrogens (primary N) is 1. The van der Waals surface area contributed by atoms with Crippen LogP contribution in [0, 0.1) is 0 Å². The molecule has 2 heterocycles. The second-order valence-corrected chi connectivity index (χ2v) is 7.50. The number of hydrogen-bond acceptors (Lipinski definition) is 5. The van der Waals surface area contributed by atoms with Crippen molar-refractivity contribution < 1.29 is 14.3 Å². The molecule has 0 saturated heterocycles. The molecule has 0 fully saturated rings. The highest BCUT2D eigenvalue weighted by Gasteiger charge is 2.18. The third-order valence-electron chi connectivity index (χ3n) is 4.90. The summed E-state index contributed by atoms with van der Waals surface area (Å²) in [6.07, 6.45) is 5.50. The minimum atomic E-state index is -0.737. The van der Waals surface area contributed by atoms with Gasteiger partial charge < -0.3 is 15.8 Å². The van der Waals surface area contributed by atoms with E-state index in [1.807, 2.05) is 53.2 Å². The molecular weight excluding hydrogens is 406 g/mol. The number of aromatic nitrogens is 3. The molecule has 2 amide bonds. The lowest BCUT2D eigenvalue weighted by Crippen LogP contribution is -2.45. The summed E-state index contributed by atoms with van der Waals surface area (Å²) >= 11 is 0. The predicted octanol–water partition coefficient (Wildman–Crippen LogP) is 2.73. The Morgan fingerprint density at radius 2 is 2.00 bits per heavy atom. The van der Waals surface area contributed by atoms with Gasteiger partial charge in [0.25, 0.3) is 0 Å². The molecule has 0 spiro atoms. The average Bonchev–Trinajstić information content (AvgIpc) is 3.20. The Morgan fingerprint density at radius 3 is 2.69 bits per heavy atom. The van der Waals surface area contributed by atoms with Crippen molar-refractivity contribution >= 4 is 11.8 Å². The van der Waals surface area contributed by atoms with Crippen molar-refractivity contribution in [2.75, 3.05) is 6.61 Å². The fourth-order valence-corrected chi connectivity index (χ4v) is 3.29. The number of primary amides is 1. The number of aryl methyl sites for hydroxylation is 1. The SMILES string of the molecule is CCCn1nc(-c2cccnc2)cc1OCCCC(=O)N[C@@H](Cc1ccccc1)C(N)=O. The zero-order chi connectivity index (χ0) is 22.8. The maximum Gasteiger partial charge on any atom is 0.240 e. The summed E-state index contributed by atoms with van der Waals surface area (Å²) in [5, 5.41) is 7.33. The van der Waals surface area contributed by atoms with E-state index < -0.39 is 11.9 Å². The van der Waals surface area contributed by atoms with E-state index in [9.17, 15) is 9.59 Å². The Morgan fingerprint density at radius 1 is 1.19 bits per heavy atom. The van der Waals surface area contributed by atoms with Gasteiger partial charge >= 0.3 is 0 Å². The number of rotatable bonds is 12. The molecule has 3 N–H and O–H groups in total. The molecule has 8 heteroatoms. The van der Waals surface area contributed by atoms with Gasteiger partial charge in [-0.2, -0.15) is 5.10 Å². The molecule has 1 aromatic carbocycles. The molecule has 0 aliphatic heterocycles. The van der Waals surface area contributed by atoms with E-state index in [1.165, 1.54) is 0 Å². The van der Waals surface area contributed by atoms with Gasteiger partial charge in [0.1, 0.15) is 6.04 Å². The van der Waals surface area contributed by atoms with Crippen molar-refractivity contribution in [1.29, 1.82) is 0 Å². The summed E-state index contributed by atoms with van der Waals surface area (Å²) in [6, 6.07) is 14.4. The van der Waals surface area contributed by atoms with Crippen LogP contribution in [0.25, 0.3) is 11.3 Å². The molecule has 0 unspecified atom stereocenters. The van der Waals surface area contributed by atoms with Gasteiger partial charge in [-0.15, -0.1) is 0 Å². The van der Waals surface area contributed by atoms with E-state index >= 15 is 0 Å². The lowest BCUT2D eigenvalue weighted by molar-refractivity contribution is -0.127. The Balaban J connectivity index is 1.50. The fraction of sp³-hybridized carbons (Fsp3) is 0.333. The average molecular weight is 436 g/mol. The molecule has 0 aliphatic rings. The number of hydrogen-bond donors (Lipinski definition) is 2. The molecule has 0 aliphatic carbocycles. The van der Waals surface area contributed by atoms with Gasteiger partial charge in [0.05, 0.1) is 12.3 Å². The molecule has 168 valence electrons. The lowest BCUT2D eigenvalue weighted by atomic mass is 10.1. The fourth-order valence-electron chi connectivity index (χ4n) is 3.29. The van der Waals surface area contributed by atoms with Crippen LogP contribution < -0.4 is 15.8 Å². The van der Waals surface area contributed by atoms with Crippen LogP contribution in [0.5, 0.6) is 5.88 Å². The maximum atomic E-state index is 12.3. The molecule has 1 atom stereocenters. The number of carbonyl (C=O) groups excluding carboxylic acids is 2. The van der Waals surface area contributed by atoms with E-state index in [0.717, 1.165) is 29.8 Å². The van der Waals surface area contributed by atoms with E-state index in [4.69, 9.17) is 10.5 Å². The molecule has 0 saturated carbocycles. The Hall–Kier alpha value is -3.68. The zero-order valence-electron chi connectivity index (χ0n) is 18.2. The predicted molar refractivity (Wildman–Crippen MR) is 122 cm³/mol. The number of nitrogens with zero attached hydrogens (tertiary/aromatic N) is 3. The van der Waals surface area contributed by atoms with Crippen LogP contribution >= 0.6 is 0 Å². The normalized spacial score (nSPS) is 11.7.